The topological polar surface area (TPSA) is 95.9 Å². The third-order valence-corrected chi connectivity index (χ3v) is 16.2. The van der Waals surface area contributed by atoms with Crippen molar-refractivity contribution in [2.45, 2.75) is 398 Å². The number of esters is 1. The van der Waals surface area contributed by atoms with E-state index >= 15 is 0 Å². The standard InChI is InChI=1S/C70H135NO5/c1-3-5-7-9-11-13-15-17-39-42-46-50-54-58-62-68(73)67(66-72)71-69(74)63-59-55-51-47-43-40-37-35-33-31-29-27-25-23-21-19-18-20-22-24-26-28-30-32-34-36-38-41-45-49-53-57-61-65-76-70(75)64-60-56-52-48-44-16-14-12-10-8-6-4-2/h22,24,58,62,67-68,72-73H,3-21,23,25-57,59-61,63-66H2,1-2H3,(H,71,74)/b24-22-,62-58+. The van der Waals surface area contributed by atoms with Gasteiger partial charge in [-0.25, -0.2) is 0 Å². The van der Waals surface area contributed by atoms with Crippen molar-refractivity contribution in [3.05, 3.63) is 24.3 Å². The third-order valence-electron chi connectivity index (χ3n) is 16.2. The van der Waals surface area contributed by atoms with Crippen LogP contribution in [0.5, 0.6) is 0 Å². The maximum atomic E-state index is 12.5. The number of amides is 1. The van der Waals surface area contributed by atoms with Crippen LogP contribution >= 0.6 is 0 Å². The van der Waals surface area contributed by atoms with Crippen LogP contribution in [-0.4, -0.2) is 47.4 Å². The van der Waals surface area contributed by atoms with Gasteiger partial charge in [-0.1, -0.05) is 340 Å². The maximum absolute atomic E-state index is 12.5. The minimum Gasteiger partial charge on any atom is -0.466 e. The Balaban J connectivity index is 3.35. The van der Waals surface area contributed by atoms with Gasteiger partial charge in [0.15, 0.2) is 0 Å². The molecule has 0 spiro atoms. The second-order valence-electron chi connectivity index (χ2n) is 23.9. The molecule has 6 nitrogen and oxygen atoms in total. The molecule has 0 aromatic heterocycles. The van der Waals surface area contributed by atoms with Crippen LogP contribution in [0, 0.1) is 0 Å². The molecule has 0 heterocycles. The molecule has 2 unspecified atom stereocenters. The molecular weight excluding hydrogens is 935 g/mol. The molecule has 2 atom stereocenters. The Kier molecular flexibility index (Phi) is 64.4. The minimum absolute atomic E-state index is 0.0196. The lowest BCUT2D eigenvalue weighted by molar-refractivity contribution is -0.143. The van der Waals surface area contributed by atoms with Crippen molar-refractivity contribution in [2.75, 3.05) is 13.2 Å². The SMILES string of the molecule is CCCCCCCCCCCCCC/C=C/C(O)C(CO)NC(=O)CCCCCCCCCCCCCCCCCCC/C=C\CCCCCCCCCCCCCCOC(=O)CCCCCCCCCCCCCC. The van der Waals surface area contributed by atoms with Crippen molar-refractivity contribution < 1.29 is 24.5 Å². The monoisotopic (exact) mass is 1070 g/mol. The summed E-state index contributed by atoms with van der Waals surface area (Å²) in [5.41, 5.74) is 0. The van der Waals surface area contributed by atoms with E-state index in [1.54, 1.807) is 6.08 Å². The number of allylic oxidation sites excluding steroid dienone is 3. The highest BCUT2D eigenvalue weighted by atomic mass is 16.5. The Morgan fingerprint density at radius 3 is 0.934 bits per heavy atom. The van der Waals surface area contributed by atoms with Gasteiger partial charge in [-0.2, -0.15) is 0 Å². The lowest BCUT2D eigenvalue weighted by Gasteiger charge is -2.20. The first-order valence-corrected chi connectivity index (χ1v) is 34.6. The van der Waals surface area contributed by atoms with Crippen molar-refractivity contribution >= 4 is 11.9 Å². The highest BCUT2D eigenvalue weighted by Gasteiger charge is 2.18. The first-order chi connectivity index (χ1) is 37.5. The summed E-state index contributed by atoms with van der Waals surface area (Å²) in [6, 6.07) is -0.624. The molecule has 76 heavy (non-hydrogen) atoms. The molecule has 0 radical (unpaired) electrons. The Hall–Kier alpha value is -1.66. The summed E-state index contributed by atoms with van der Waals surface area (Å²) in [7, 11) is 0. The number of ether oxygens (including phenoxy) is 1. The molecule has 0 aliphatic rings. The molecule has 0 bridgehead atoms. The summed E-state index contributed by atoms with van der Waals surface area (Å²) < 4.78 is 5.48. The zero-order valence-corrected chi connectivity index (χ0v) is 51.5. The summed E-state index contributed by atoms with van der Waals surface area (Å²) in [5, 5.41) is 23.1. The van der Waals surface area contributed by atoms with E-state index in [9.17, 15) is 19.8 Å². The van der Waals surface area contributed by atoms with E-state index < -0.39 is 12.1 Å². The number of aliphatic hydroxyl groups excluding tert-OH is 2. The first kappa shape index (κ1) is 74.3. The molecule has 0 aromatic rings. The molecule has 0 saturated heterocycles. The zero-order valence-electron chi connectivity index (χ0n) is 51.5. The van der Waals surface area contributed by atoms with Gasteiger partial charge in [0.1, 0.15) is 0 Å². The molecule has 0 fully saturated rings. The van der Waals surface area contributed by atoms with Crippen LogP contribution in [0.2, 0.25) is 0 Å². The second kappa shape index (κ2) is 65.9. The number of hydrogen-bond acceptors (Lipinski definition) is 5. The molecular formula is C70H135NO5. The maximum Gasteiger partial charge on any atom is 0.305 e. The Morgan fingerprint density at radius 2 is 0.618 bits per heavy atom. The van der Waals surface area contributed by atoms with E-state index in [0.717, 1.165) is 38.5 Å². The average Bonchev–Trinajstić information content (AvgIpc) is 3.42. The van der Waals surface area contributed by atoms with Gasteiger partial charge in [0.2, 0.25) is 5.91 Å². The van der Waals surface area contributed by atoms with Crippen LogP contribution in [0.15, 0.2) is 24.3 Å². The molecule has 6 heteroatoms. The predicted octanol–water partition coefficient (Wildman–Crippen LogP) is 22.1. The average molecular weight is 1070 g/mol. The highest BCUT2D eigenvalue weighted by molar-refractivity contribution is 5.76. The van der Waals surface area contributed by atoms with Crippen LogP contribution in [0.1, 0.15) is 386 Å². The number of unbranched alkanes of at least 4 members (excludes halogenated alkanes) is 52. The van der Waals surface area contributed by atoms with E-state index in [1.807, 2.05) is 6.08 Å². The van der Waals surface area contributed by atoms with Crippen molar-refractivity contribution in [1.29, 1.82) is 0 Å². The van der Waals surface area contributed by atoms with Gasteiger partial charge in [0.05, 0.1) is 25.4 Å². The largest absolute Gasteiger partial charge is 0.466 e. The number of hydrogen-bond donors (Lipinski definition) is 3. The number of carbonyl (C=O) groups is 2. The summed E-state index contributed by atoms with van der Waals surface area (Å²) in [4.78, 5) is 24.5. The van der Waals surface area contributed by atoms with Gasteiger partial charge in [-0.15, -0.1) is 0 Å². The van der Waals surface area contributed by atoms with E-state index in [0.29, 0.717) is 19.4 Å². The Labute approximate surface area is 475 Å². The smallest absolute Gasteiger partial charge is 0.305 e. The predicted molar refractivity (Wildman–Crippen MR) is 333 cm³/mol. The van der Waals surface area contributed by atoms with E-state index in [2.05, 4.69) is 31.3 Å². The normalized spacial score (nSPS) is 12.6. The molecule has 1 amide bonds. The van der Waals surface area contributed by atoms with Crippen molar-refractivity contribution in [3.8, 4) is 0 Å². The lowest BCUT2D eigenvalue weighted by atomic mass is 10.0. The Bertz CT molecular complexity index is 1190. The van der Waals surface area contributed by atoms with Gasteiger partial charge >= 0.3 is 5.97 Å². The number of aliphatic hydroxyl groups is 2. The molecule has 450 valence electrons. The molecule has 0 rings (SSSR count). The van der Waals surface area contributed by atoms with Crippen LogP contribution in [0.3, 0.4) is 0 Å². The summed E-state index contributed by atoms with van der Waals surface area (Å²) in [5.74, 6) is -0.0433. The first-order valence-electron chi connectivity index (χ1n) is 34.6. The fourth-order valence-corrected chi connectivity index (χ4v) is 10.9. The Morgan fingerprint density at radius 1 is 0.355 bits per heavy atom. The van der Waals surface area contributed by atoms with Gasteiger partial charge in [0.25, 0.3) is 0 Å². The number of nitrogens with one attached hydrogen (secondary N) is 1. The molecule has 0 aromatic carbocycles. The number of carbonyl (C=O) groups excluding carboxylic acids is 2. The molecule has 0 aliphatic carbocycles. The highest BCUT2D eigenvalue weighted by Crippen LogP contribution is 2.18. The van der Waals surface area contributed by atoms with E-state index in [1.165, 1.54) is 321 Å². The van der Waals surface area contributed by atoms with Crippen molar-refractivity contribution in [3.63, 3.8) is 0 Å². The summed E-state index contributed by atoms with van der Waals surface area (Å²) in [6.07, 6.45) is 82.6. The fourth-order valence-electron chi connectivity index (χ4n) is 10.9. The molecule has 0 aliphatic heterocycles. The second-order valence-corrected chi connectivity index (χ2v) is 23.9. The summed E-state index contributed by atoms with van der Waals surface area (Å²) >= 11 is 0. The summed E-state index contributed by atoms with van der Waals surface area (Å²) in [6.45, 7) is 4.93. The molecule has 3 N–H and O–H groups in total. The van der Waals surface area contributed by atoms with Crippen LogP contribution in [-0.2, 0) is 14.3 Å². The van der Waals surface area contributed by atoms with Crippen LogP contribution in [0.25, 0.3) is 0 Å². The van der Waals surface area contributed by atoms with E-state index in [-0.39, 0.29) is 18.5 Å². The van der Waals surface area contributed by atoms with Crippen LogP contribution in [0.4, 0.5) is 0 Å². The fraction of sp³-hybridized carbons (Fsp3) is 0.914. The van der Waals surface area contributed by atoms with Crippen molar-refractivity contribution in [1.82, 2.24) is 5.32 Å². The van der Waals surface area contributed by atoms with Gasteiger partial charge in [0, 0.05) is 12.8 Å². The van der Waals surface area contributed by atoms with Gasteiger partial charge < -0.3 is 20.3 Å². The van der Waals surface area contributed by atoms with Gasteiger partial charge in [-0.3, -0.25) is 9.59 Å². The van der Waals surface area contributed by atoms with E-state index in [4.69, 9.17) is 4.74 Å². The molecule has 0 saturated carbocycles. The van der Waals surface area contributed by atoms with Crippen molar-refractivity contribution in [2.24, 2.45) is 0 Å². The third kappa shape index (κ3) is 61.6. The minimum atomic E-state index is -0.841. The lowest BCUT2D eigenvalue weighted by Crippen LogP contribution is -2.45. The number of rotatable bonds is 65. The quantitative estimate of drug-likeness (QED) is 0.0320. The zero-order chi connectivity index (χ0) is 55.0. The van der Waals surface area contributed by atoms with Crippen LogP contribution < -0.4 is 5.32 Å². The van der Waals surface area contributed by atoms with Gasteiger partial charge in [-0.05, 0) is 57.8 Å².